The van der Waals surface area contributed by atoms with E-state index in [1.54, 1.807) is 0 Å². The smallest absolute Gasteiger partial charge is 0.404 e. The summed E-state index contributed by atoms with van der Waals surface area (Å²) in [5, 5.41) is 24.6. The number of anilines is 1. The molecule has 3 aliphatic rings. The quantitative estimate of drug-likeness (QED) is 0.774. The van der Waals surface area contributed by atoms with Crippen LogP contribution in [0.15, 0.2) is 24.3 Å². The van der Waals surface area contributed by atoms with E-state index in [0.29, 0.717) is 23.6 Å². The van der Waals surface area contributed by atoms with Crippen LogP contribution in [0.3, 0.4) is 0 Å². The van der Waals surface area contributed by atoms with Gasteiger partial charge >= 0.3 is 6.09 Å². The molecule has 4 rings (SSSR count). The number of benzene rings is 1. The van der Waals surface area contributed by atoms with Gasteiger partial charge in [-0.1, -0.05) is 12.8 Å². The Bertz CT molecular complexity index is 699. The highest BCUT2D eigenvalue weighted by molar-refractivity contribution is 5.65. The van der Waals surface area contributed by atoms with E-state index in [9.17, 15) is 4.79 Å². The van der Waals surface area contributed by atoms with Gasteiger partial charge in [0.25, 0.3) is 0 Å². The first-order chi connectivity index (χ1) is 12.6. The average Bonchev–Trinajstić information content (AvgIpc) is 3.23. The molecular weight excluding hydrogens is 328 g/mol. The number of rotatable bonds is 4. The molecule has 6 nitrogen and oxygen atoms in total. The molecule has 0 spiro atoms. The molecule has 2 aliphatic carbocycles. The molecule has 1 amide bonds. The van der Waals surface area contributed by atoms with Crippen LogP contribution in [-0.4, -0.2) is 41.9 Å². The van der Waals surface area contributed by atoms with Gasteiger partial charge in [0.15, 0.2) is 0 Å². The van der Waals surface area contributed by atoms with E-state index in [4.69, 9.17) is 10.4 Å². The van der Waals surface area contributed by atoms with Crippen molar-refractivity contribution in [3.05, 3.63) is 29.8 Å². The fourth-order valence-electron chi connectivity index (χ4n) is 5.17. The molecule has 3 N–H and O–H groups in total. The van der Waals surface area contributed by atoms with Crippen LogP contribution in [0, 0.1) is 17.2 Å². The molecule has 5 atom stereocenters. The Morgan fingerprint density at radius 3 is 2.50 bits per heavy atom. The number of amides is 1. The Morgan fingerprint density at radius 1 is 1.12 bits per heavy atom. The fourth-order valence-corrected chi connectivity index (χ4v) is 5.17. The minimum atomic E-state index is -0.921. The summed E-state index contributed by atoms with van der Waals surface area (Å²) < 4.78 is 0. The molecule has 1 aromatic carbocycles. The summed E-state index contributed by atoms with van der Waals surface area (Å²) in [6.07, 6.45) is 5.66. The number of hydrogen-bond donors (Lipinski definition) is 3. The number of hydrogen-bond acceptors (Lipinski definition) is 4. The van der Waals surface area contributed by atoms with Gasteiger partial charge in [0, 0.05) is 36.4 Å². The Kier molecular flexibility index (Phi) is 4.73. The zero-order chi connectivity index (χ0) is 18.1. The number of carboxylic acid groups (broad SMARTS) is 1. The summed E-state index contributed by atoms with van der Waals surface area (Å²) in [6.45, 7) is 1.08. The SMILES string of the molecule is N#Cc1ccc(N2C[C@H]3C[C@H](N[C@@H]4CCCC[C@H]4NC(=O)O)[C@H]2C3)cc1. The van der Waals surface area contributed by atoms with E-state index < -0.39 is 6.09 Å². The zero-order valence-electron chi connectivity index (χ0n) is 14.9. The minimum absolute atomic E-state index is 0.0174. The molecule has 3 fully saturated rings. The van der Waals surface area contributed by atoms with Gasteiger partial charge in [0.05, 0.1) is 11.6 Å². The average molecular weight is 354 g/mol. The number of carbonyl (C=O) groups is 1. The third-order valence-electron chi connectivity index (χ3n) is 6.31. The van der Waals surface area contributed by atoms with E-state index >= 15 is 0 Å². The topological polar surface area (TPSA) is 88.4 Å². The Labute approximate surface area is 154 Å². The number of fused-ring (bicyclic) bond motifs is 2. The van der Waals surface area contributed by atoms with E-state index in [0.717, 1.165) is 32.2 Å². The summed E-state index contributed by atoms with van der Waals surface area (Å²) in [5.41, 5.74) is 1.88. The summed E-state index contributed by atoms with van der Waals surface area (Å²) in [5.74, 6) is 0.697. The first kappa shape index (κ1) is 17.2. The molecule has 1 saturated heterocycles. The zero-order valence-corrected chi connectivity index (χ0v) is 14.9. The third kappa shape index (κ3) is 3.36. The van der Waals surface area contributed by atoms with Gasteiger partial charge in [-0.3, -0.25) is 0 Å². The molecule has 0 unspecified atom stereocenters. The van der Waals surface area contributed by atoms with Crippen molar-refractivity contribution < 1.29 is 9.90 Å². The lowest BCUT2D eigenvalue weighted by molar-refractivity contribution is 0.176. The van der Waals surface area contributed by atoms with Gasteiger partial charge in [0.2, 0.25) is 0 Å². The summed E-state index contributed by atoms with van der Waals surface area (Å²) in [4.78, 5) is 13.6. The number of nitriles is 1. The number of nitrogens with zero attached hydrogens (tertiary/aromatic N) is 2. The first-order valence-electron chi connectivity index (χ1n) is 9.66. The standard InChI is InChI=1S/C20H26N4O2/c21-11-13-5-7-15(8-6-13)24-12-14-9-18(19(24)10-14)22-16-3-1-2-4-17(16)23-20(25)26/h5-8,14,16-19,22-23H,1-4,9-10,12H2,(H,25,26)/t14-,16+,17+,18-,19+/m0/s1. The lowest BCUT2D eigenvalue weighted by Crippen LogP contribution is -2.58. The van der Waals surface area contributed by atoms with Crippen molar-refractivity contribution in [2.24, 2.45) is 5.92 Å². The highest BCUT2D eigenvalue weighted by atomic mass is 16.4. The number of nitrogens with one attached hydrogen (secondary N) is 2. The van der Waals surface area contributed by atoms with Crippen LogP contribution in [0.4, 0.5) is 10.5 Å². The maximum Gasteiger partial charge on any atom is 0.404 e. The monoisotopic (exact) mass is 354 g/mol. The summed E-state index contributed by atoms with van der Waals surface area (Å²) in [6, 6.07) is 11.2. The van der Waals surface area contributed by atoms with Crippen molar-refractivity contribution in [3.63, 3.8) is 0 Å². The second kappa shape index (κ2) is 7.16. The Hall–Kier alpha value is -2.26. The van der Waals surface area contributed by atoms with Crippen LogP contribution in [0.5, 0.6) is 0 Å². The largest absolute Gasteiger partial charge is 0.465 e. The van der Waals surface area contributed by atoms with Crippen LogP contribution in [0.1, 0.15) is 44.1 Å². The highest BCUT2D eigenvalue weighted by Gasteiger charge is 2.46. The summed E-state index contributed by atoms with van der Waals surface area (Å²) >= 11 is 0. The van der Waals surface area contributed by atoms with E-state index in [1.165, 1.54) is 18.5 Å². The molecule has 1 heterocycles. The molecule has 1 aliphatic heterocycles. The lowest BCUT2D eigenvalue weighted by atomic mass is 9.89. The van der Waals surface area contributed by atoms with Crippen molar-refractivity contribution in [2.75, 3.05) is 11.4 Å². The predicted molar refractivity (Wildman–Crippen MR) is 99.1 cm³/mol. The van der Waals surface area contributed by atoms with Crippen molar-refractivity contribution in [3.8, 4) is 6.07 Å². The molecule has 1 aromatic rings. The summed E-state index contributed by atoms with van der Waals surface area (Å²) in [7, 11) is 0. The molecule has 2 bridgehead atoms. The van der Waals surface area contributed by atoms with Gasteiger partial charge in [-0.15, -0.1) is 0 Å². The van der Waals surface area contributed by atoms with E-state index in [1.807, 2.05) is 24.3 Å². The first-order valence-corrected chi connectivity index (χ1v) is 9.66. The normalized spacial score (nSPS) is 33.0. The molecule has 6 heteroatoms. The van der Waals surface area contributed by atoms with Crippen molar-refractivity contribution in [1.82, 2.24) is 10.6 Å². The molecular formula is C20H26N4O2. The van der Waals surface area contributed by atoms with E-state index in [-0.39, 0.29) is 12.1 Å². The maximum absolute atomic E-state index is 11.1. The Balaban J connectivity index is 1.44. The van der Waals surface area contributed by atoms with Gasteiger partial charge in [-0.2, -0.15) is 5.26 Å². The lowest BCUT2D eigenvalue weighted by Gasteiger charge is -2.40. The maximum atomic E-state index is 11.1. The van der Waals surface area contributed by atoms with Gasteiger partial charge in [-0.25, -0.2) is 4.79 Å². The van der Waals surface area contributed by atoms with Crippen molar-refractivity contribution >= 4 is 11.8 Å². The van der Waals surface area contributed by atoms with Gasteiger partial charge in [0.1, 0.15) is 0 Å². The molecule has 26 heavy (non-hydrogen) atoms. The Morgan fingerprint density at radius 2 is 1.85 bits per heavy atom. The van der Waals surface area contributed by atoms with Crippen LogP contribution in [0.2, 0.25) is 0 Å². The molecule has 0 aromatic heterocycles. The van der Waals surface area contributed by atoms with Gasteiger partial charge in [-0.05, 0) is 55.9 Å². The van der Waals surface area contributed by atoms with Crippen LogP contribution in [0.25, 0.3) is 0 Å². The number of piperidine rings is 1. The minimum Gasteiger partial charge on any atom is -0.465 e. The molecule has 0 radical (unpaired) electrons. The third-order valence-corrected chi connectivity index (χ3v) is 6.31. The molecule has 2 saturated carbocycles. The van der Waals surface area contributed by atoms with Crippen LogP contribution < -0.4 is 15.5 Å². The van der Waals surface area contributed by atoms with E-state index in [2.05, 4.69) is 21.6 Å². The van der Waals surface area contributed by atoms with Gasteiger partial charge < -0.3 is 20.6 Å². The van der Waals surface area contributed by atoms with Crippen LogP contribution >= 0.6 is 0 Å². The van der Waals surface area contributed by atoms with Crippen molar-refractivity contribution in [2.45, 2.75) is 62.7 Å². The van der Waals surface area contributed by atoms with Crippen LogP contribution in [-0.2, 0) is 0 Å². The molecule has 138 valence electrons. The fraction of sp³-hybridized carbons (Fsp3) is 0.600. The second-order valence-electron chi connectivity index (χ2n) is 7.94. The van der Waals surface area contributed by atoms with Crippen molar-refractivity contribution in [1.29, 1.82) is 5.26 Å². The second-order valence-corrected chi connectivity index (χ2v) is 7.94. The highest BCUT2D eigenvalue weighted by Crippen LogP contribution is 2.41. The predicted octanol–water partition coefficient (Wildman–Crippen LogP) is 2.69.